The quantitative estimate of drug-likeness (QED) is 0.732. The summed E-state index contributed by atoms with van der Waals surface area (Å²) < 4.78 is 16.3. The lowest BCUT2D eigenvalue weighted by Crippen LogP contribution is -2.01. The molecule has 0 radical (unpaired) electrons. The predicted octanol–water partition coefficient (Wildman–Crippen LogP) is 2.81. The third kappa shape index (κ3) is 2.27. The Kier molecular flexibility index (Phi) is 3.19. The van der Waals surface area contributed by atoms with Crippen LogP contribution in [-0.4, -0.2) is 20.2 Å². The van der Waals surface area contributed by atoms with Gasteiger partial charge in [-0.25, -0.2) is 4.39 Å². The van der Waals surface area contributed by atoms with Gasteiger partial charge in [-0.1, -0.05) is 22.0 Å². The van der Waals surface area contributed by atoms with Crippen molar-refractivity contribution in [3.63, 3.8) is 0 Å². The lowest BCUT2D eigenvalue weighted by molar-refractivity contribution is 0.629. The lowest BCUT2D eigenvalue weighted by Gasteiger charge is -2.06. The third-order valence-electron chi connectivity index (χ3n) is 2.75. The van der Waals surface area contributed by atoms with E-state index in [1.54, 1.807) is 0 Å². The second kappa shape index (κ2) is 5.01. The molecule has 1 aromatic heterocycles. The topological polar surface area (TPSA) is 69.6 Å². The molecule has 0 atom stereocenters. The van der Waals surface area contributed by atoms with E-state index < -0.39 is 5.82 Å². The number of nitrogen functional groups attached to an aromatic ring is 1. The van der Waals surface area contributed by atoms with E-state index in [0.29, 0.717) is 11.5 Å². The van der Waals surface area contributed by atoms with Gasteiger partial charge in [-0.3, -0.25) is 0 Å². The van der Waals surface area contributed by atoms with Crippen LogP contribution in [0.15, 0.2) is 46.9 Å². The molecule has 2 aromatic carbocycles. The molecule has 7 heteroatoms. The molecule has 3 rings (SSSR count). The van der Waals surface area contributed by atoms with Gasteiger partial charge in [0.25, 0.3) is 0 Å². The number of nitrogens with two attached hydrogens (primary N) is 1. The van der Waals surface area contributed by atoms with Crippen molar-refractivity contribution < 1.29 is 4.39 Å². The molecular formula is C13H9BrFN5. The van der Waals surface area contributed by atoms with Gasteiger partial charge in [-0.05, 0) is 46.8 Å². The van der Waals surface area contributed by atoms with Crippen molar-refractivity contribution in [2.75, 3.05) is 5.73 Å². The van der Waals surface area contributed by atoms with Gasteiger partial charge in [-0.2, -0.15) is 4.68 Å². The van der Waals surface area contributed by atoms with Crippen LogP contribution in [0.3, 0.4) is 0 Å². The van der Waals surface area contributed by atoms with Crippen LogP contribution in [0, 0.1) is 5.82 Å². The zero-order valence-corrected chi connectivity index (χ0v) is 11.7. The van der Waals surface area contributed by atoms with Crippen molar-refractivity contribution in [2.45, 2.75) is 0 Å². The van der Waals surface area contributed by atoms with Crippen LogP contribution in [0.1, 0.15) is 0 Å². The Balaban J connectivity index is 2.18. The fraction of sp³-hybridized carbons (Fsp3) is 0. The summed E-state index contributed by atoms with van der Waals surface area (Å²) in [7, 11) is 0. The second-order valence-corrected chi connectivity index (χ2v) is 5.05. The molecule has 100 valence electrons. The number of aromatic nitrogens is 4. The Hall–Kier alpha value is -2.28. The van der Waals surface area contributed by atoms with Crippen molar-refractivity contribution in [1.29, 1.82) is 0 Å². The Morgan fingerprint density at radius 3 is 2.80 bits per heavy atom. The second-order valence-electron chi connectivity index (χ2n) is 4.13. The molecule has 2 N–H and O–H groups in total. The van der Waals surface area contributed by atoms with Crippen LogP contribution in [-0.2, 0) is 0 Å². The minimum Gasteiger partial charge on any atom is -0.399 e. The largest absolute Gasteiger partial charge is 0.399 e. The van der Waals surface area contributed by atoms with E-state index in [1.165, 1.54) is 22.9 Å². The number of halogens is 2. The smallest absolute Gasteiger partial charge is 0.190 e. The molecular weight excluding hydrogens is 325 g/mol. The highest BCUT2D eigenvalue weighted by Crippen LogP contribution is 2.25. The van der Waals surface area contributed by atoms with Gasteiger partial charge >= 0.3 is 0 Å². The number of hydrogen-bond acceptors (Lipinski definition) is 4. The molecule has 0 saturated carbocycles. The van der Waals surface area contributed by atoms with Gasteiger partial charge < -0.3 is 5.73 Å². The van der Waals surface area contributed by atoms with Crippen molar-refractivity contribution in [3.05, 3.63) is 52.8 Å². The first-order valence-corrected chi connectivity index (χ1v) is 6.54. The first-order chi connectivity index (χ1) is 9.65. The summed E-state index contributed by atoms with van der Waals surface area (Å²) in [6.45, 7) is 0. The van der Waals surface area contributed by atoms with Crippen LogP contribution in [0.25, 0.3) is 17.1 Å². The fourth-order valence-corrected chi connectivity index (χ4v) is 2.24. The summed E-state index contributed by atoms with van der Waals surface area (Å²) in [4.78, 5) is 0. The van der Waals surface area contributed by atoms with E-state index in [9.17, 15) is 4.39 Å². The summed E-state index contributed by atoms with van der Waals surface area (Å²) in [6, 6.07) is 11.7. The summed E-state index contributed by atoms with van der Waals surface area (Å²) in [6.07, 6.45) is 0. The van der Waals surface area contributed by atoms with Crippen molar-refractivity contribution in [3.8, 4) is 17.1 Å². The molecule has 5 nitrogen and oxygen atoms in total. The molecule has 20 heavy (non-hydrogen) atoms. The maximum Gasteiger partial charge on any atom is 0.190 e. The average molecular weight is 334 g/mol. The molecule has 0 aliphatic heterocycles. The average Bonchev–Trinajstić information content (AvgIpc) is 2.90. The van der Waals surface area contributed by atoms with E-state index in [-0.39, 0.29) is 5.56 Å². The number of tetrazole rings is 1. The fourth-order valence-electron chi connectivity index (χ4n) is 1.85. The summed E-state index contributed by atoms with van der Waals surface area (Å²) >= 11 is 3.38. The van der Waals surface area contributed by atoms with Crippen molar-refractivity contribution in [2.24, 2.45) is 0 Å². The lowest BCUT2D eigenvalue weighted by atomic mass is 10.1. The zero-order valence-electron chi connectivity index (χ0n) is 10.2. The van der Waals surface area contributed by atoms with Crippen LogP contribution >= 0.6 is 15.9 Å². The Morgan fingerprint density at radius 1 is 1.15 bits per heavy atom. The molecule has 0 bridgehead atoms. The highest BCUT2D eigenvalue weighted by Gasteiger charge is 2.15. The molecule has 0 fully saturated rings. The number of benzene rings is 2. The molecule has 3 aromatic rings. The van der Waals surface area contributed by atoms with E-state index in [1.807, 2.05) is 24.3 Å². The summed E-state index contributed by atoms with van der Waals surface area (Å²) in [5.41, 5.74) is 7.13. The SMILES string of the molecule is Nc1ccc(F)c(-c2nnnn2-c2cccc(Br)c2)c1. The van der Waals surface area contributed by atoms with Crippen LogP contribution in [0.5, 0.6) is 0 Å². The standard InChI is InChI=1S/C13H9BrFN5/c14-8-2-1-3-10(6-8)20-13(17-18-19-20)11-7-9(16)4-5-12(11)15/h1-7H,16H2. The first kappa shape index (κ1) is 12.7. The van der Waals surface area contributed by atoms with Gasteiger partial charge in [-0.15, -0.1) is 5.10 Å². The molecule has 0 spiro atoms. The molecule has 0 saturated heterocycles. The monoisotopic (exact) mass is 333 g/mol. The Labute approximate surface area is 122 Å². The van der Waals surface area contributed by atoms with E-state index in [4.69, 9.17) is 5.73 Å². The van der Waals surface area contributed by atoms with E-state index >= 15 is 0 Å². The maximum atomic E-state index is 13.9. The Morgan fingerprint density at radius 2 is 2.00 bits per heavy atom. The van der Waals surface area contributed by atoms with Gasteiger partial charge in [0.15, 0.2) is 5.82 Å². The van der Waals surface area contributed by atoms with E-state index in [0.717, 1.165) is 10.2 Å². The van der Waals surface area contributed by atoms with Crippen molar-refractivity contribution in [1.82, 2.24) is 20.2 Å². The predicted molar refractivity (Wildman–Crippen MR) is 76.7 cm³/mol. The van der Waals surface area contributed by atoms with Crippen molar-refractivity contribution >= 4 is 21.6 Å². The highest BCUT2D eigenvalue weighted by molar-refractivity contribution is 9.10. The van der Waals surface area contributed by atoms with Gasteiger partial charge in [0, 0.05) is 10.2 Å². The third-order valence-corrected chi connectivity index (χ3v) is 3.25. The van der Waals surface area contributed by atoms with Crippen LogP contribution < -0.4 is 5.73 Å². The number of nitrogens with zero attached hydrogens (tertiary/aromatic N) is 4. The summed E-state index contributed by atoms with van der Waals surface area (Å²) in [5, 5.41) is 11.4. The minimum atomic E-state index is -0.426. The molecule has 1 heterocycles. The van der Waals surface area contributed by atoms with Crippen LogP contribution in [0.2, 0.25) is 0 Å². The summed E-state index contributed by atoms with van der Waals surface area (Å²) in [5.74, 6) is -0.127. The van der Waals surface area contributed by atoms with Gasteiger partial charge in [0.1, 0.15) is 5.82 Å². The first-order valence-electron chi connectivity index (χ1n) is 5.75. The molecule has 0 aliphatic rings. The normalized spacial score (nSPS) is 10.7. The van der Waals surface area contributed by atoms with Crippen LogP contribution in [0.4, 0.5) is 10.1 Å². The number of rotatable bonds is 2. The Bertz CT molecular complexity index is 771. The van der Waals surface area contributed by atoms with Gasteiger partial charge in [0.05, 0.1) is 11.3 Å². The number of anilines is 1. The minimum absolute atomic E-state index is 0.259. The highest BCUT2D eigenvalue weighted by atomic mass is 79.9. The molecule has 0 amide bonds. The molecule has 0 unspecified atom stereocenters. The number of hydrogen-bond donors (Lipinski definition) is 1. The van der Waals surface area contributed by atoms with Gasteiger partial charge in [0.2, 0.25) is 0 Å². The molecule has 0 aliphatic carbocycles. The van der Waals surface area contributed by atoms with E-state index in [2.05, 4.69) is 31.5 Å². The maximum absolute atomic E-state index is 13.9. The zero-order chi connectivity index (χ0) is 14.1.